The molecule has 2 amide bonds. The van der Waals surface area contributed by atoms with Crippen LogP contribution in [0.25, 0.3) is 11.1 Å². The maximum atomic E-state index is 14.5. The highest BCUT2D eigenvalue weighted by molar-refractivity contribution is 6.36. The fourth-order valence-electron chi connectivity index (χ4n) is 2.31. The van der Waals surface area contributed by atoms with Gasteiger partial charge in [0.05, 0.1) is 5.02 Å². The number of hydrogen-bond acceptors (Lipinski definition) is 3. The van der Waals surface area contributed by atoms with Crippen LogP contribution in [0.3, 0.4) is 0 Å². The molecule has 0 aromatic heterocycles. The molecule has 0 saturated carbocycles. The number of nitrogens with one attached hydrogen (secondary N) is 3. The predicted molar refractivity (Wildman–Crippen MR) is 110 cm³/mol. The van der Waals surface area contributed by atoms with Gasteiger partial charge in [0.1, 0.15) is 18.2 Å². The number of ether oxygens (including phenoxy) is 1. The van der Waals surface area contributed by atoms with Gasteiger partial charge in [-0.2, -0.15) is 0 Å². The molecular formula is C18H19Cl3F3N3O2. The first kappa shape index (κ1) is 25.2. The second kappa shape index (κ2) is 12.0. The van der Waals surface area contributed by atoms with Crippen LogP contribution in [0.5, 0.6) is 5.75 Å². The van der Waals surface area contributed by atoms with Gasteiger partial charge in [0.2, 0.25) is 0 Å². The Hall–Kier alpha value is -1.87. The summed E-state index contributed by atoms with van der Waals surface area (Å²) in [7, 11) is 0. The van der Waals surface area contributed by atoms with Gasteiger partial charge in [-0.1, -0.05) is 42.3 Å². The van der Waals surface area contributed by atoms with Crippen LogP contribution in [0, 0.1) is 5.82 Å². The summed E-state index contributed by atoms with van der Waals surface area (Å²) in [5.74, 6) is -0.612. The summed E-state index contributed by atoms with van der Waals surface area (Å²) in [5, 5.41) is 2.78. The highest BCUT2D eigenvalue weighted by Crippen LogP contribution is 2.39. The highest BCUT2D eigenvalue weighted by Gasteiger charge is 2.16. The van der Waals surface area contributed by atoms with Gasteiger partial charge in [-0.05, 0) is 23.8 Å². The molecule has 160 valence electrons. The zero-order valence-electron chi connectivity index (χ0n) is 15.2. The third-order valence-electron chi connectivity index (χ3n) is 3.54. The minimum Gasteiger partial charge on any atom is -0.485 e. The zero-order chi connectivity index (χ0) is 20.7. The molecule has 0 atom stereocenters. The number of rotatable bonds is 8. The van der Waals surface area contributed by atoms with E-state index in [1.54, 1.807) is 13.0 Å². The van der Waals surface area contributed by atoms with Crippen LogP contribution in [-0.2, 0) is 6.54 Å². The van der Waals surface area contributed by atoms with E-state index in [4.69, 9.17) is 27.9 Å². The standard InChI is InChI=1S/C18H18Cl2F3N3O2.ClH/c1-2-25-26-18(27)24-8-11-4-3-10(5-15(11)21)13-6-12(19)7-14(20)17(13)28-9-16(22)23;/h3-7,16,25H,2,8-9H2,1H3,(H2,24,26,27);1H. The van der Waals surface area contributed by atoms with Gasteiger partial charge < -0.3 is 10.1 Å². The van der Waals surface area contributed by atoms with E-state index in [9.17, 15) is 18.0 Å². The molecule has 11 heteroatoms. The molecule has 0 unspecified atom stereocenters. The third kappa shape index (κ3) is 7.47. The van der Waals surface area contributed by atoms with Gasteiger partial charge >= 0.3 is 6.03 Å². The average molecular weight is 473 g/mol. The van der Waals surface area contributed by atoms with Crippen LogP contribution in [0.4, 0.5) is 18.0 Å². The minimum absolute atomic E-state index is 0. The number of benzene rings is 2. The Morgan fingerprint density at radius 3 is 2.55 bits per heavy atom. The van der Waals surface area contributed by atoms with Crippen molar-refractivity contribution >= 4 is 41.6 Å². The first-order valence-electron chi connectivity index (χ1n) is 8.27. The lowest BCUT2D eigenvalue weighted by Gasteiger charge is -2.15. The van der Waals surface area contributed by atoms with E-state index in [1.165, 1.54) is 24.3 Å². The number of amides is 2. The van der Waals surface area contributed by atoms with E-state index in [2.05, 4.69) is 16.2 Å². The number of halogens is 6. The molecule has 3 N–H and O–H groups in total. The molecule has 0 spiro atoms. The summed E-state index contributed by atoms with van der Waals surface area (Å²) in [6, 6.07) is 6.50. The fraction of sp³-hybridized carbons (Fsp3) is 0.278. The van der Waals surface area contributed by atoms with Crippen LogP contribution >= 0.6 is 35.6 Å². The van der Waals surface area contributed by atoms with E-state index in [0.717, 1.165) is 0 Å². The Bertz CT molecular complexity index is 841. The molecule has 0 aliphatic carbocycles. The first-order chi connectivity index (χ1) is 13.3. The van der Waals surface area contributed by atoms with Crippen LogP contribution in [0.15, 0.2) is 30.3 Å². The lowest BCUT2D eigenvalue weighted by atomic mass is 10.0. The van der Waals surface area contributed by atoms with Gasteiger partial charge in [-0.3, -0.25) is 5.43 Å². The molecule has 2 aromatic carbocycles. The predicted octanol–water partition coefficient (Wildman–Crippen LogP) is 5.19. The van der Waals surface area contributed by atoms with E-state index in [0.29, 0.717) is 12.1 Å². The van der Waals surface area contributed by atoms with Crippen molar-refractivity contribution in [2.45, 2.75) is 19.9 Å². The number of hydrogen-bond donors (Lipinski definition) is 3. The summed E-state index contributed by atoms with van der Waals surface area (Å²) in [4.78, 5) is 11.5. The van der Waals surface area contributed by atoms with E-state index in [-0.39, 0.29) is 45.9 Å². The van der Waals surface area contributed by atoms with Crippen LogP contribution in [0.1, 0.15) is 12.5 Å². The molecule has 29 heavy (non-hydrogen) atoms. The van der Waals surface area contributed by atoms with E-state index >= 15 is 0 Å². The summed E-state index contributed by atoms with van der Waals surface area (Å²) in [6.07, 6.45) is -2.70. The van der Waals surface area contributed by atoms with Crippen molar-refractivity contribution in [3.05, 3.63) is 51.8 Å². The van der Waals surface area contributed by atoms with Crippen LogP contribution in [-0.4, -0.2) is 25.6 Å². The van der Waals surface area contributed by atoms with Crippen LogP contribution < -0.4 is 20.9 Å². The molecule has 5 nitrogen and oxygen atoms in total. The molecule has 0 bridgehead atoms. The Morgan fingerprint density at radius 2 is 1.93 bits per heavy atom. The fourth-order valence-corrected chi connectivity index (χ4v) is 2.86. The number of hydrazine groups is 1. The Morgan fingerprint density at radius 1 is 1.21 bits per heavy atom. The maximum Gasteiger partial charge on any atom is 0.329 e. The average Bonchev–Trinajstić information content (AvgIpc) is 2.63. The molecule has 0 saturated heterocycles. The van der Waals surface area contributed by atoms with Crippen molar-refractivity contribution < 1.29 is 22.7 Å². The number of carbonyl (C=O) groups excluding carboxylic acids is 1. The second-order valence-corrected chi connectivity index (χ2v) is 6.45. The molecule has 0 aliphatic heterocycles. The van der Waals surface area contributed by atoms with E-state index < -0.39 is 24.9 Å². The lowest BCUT2D eigenvalue weighted by Crippen LogP contribution is -2.43. The molecule has 0 heterocycles. The molecular weight excluding hydrogens is 454 g/mol. The summed E-state index contributed by atoms with van der Waals surface area (Å²) >= 11 is 12.0. The van der Waals surface area contributed by atoms with Crippen molar-refractivity contribution in [3.8, 4) is 16.9 Å². The van der Waals surface area contributed by atoms with Crippen molar-refractivity contribution in [2.24, 2.45) is 0 Å². The third-order valence-corrected chi connectivity index (χ3v) is 4.04. The summed E-state index contributed by atoms with van der Waals surface area (Å²) in [6.45, 7) is 1.43. The van der Waals surface area contributed by atoms with Crippen LogP contribution in [0.2, 0.25) is 10.0 Å². The lowest BCUT2D eigenvalue weighted by molar-refractivity contribution is 0.0822. The monoisotopic (exact) mass is 471 g/mol. The van der Waals surface area contributed by atoms with Gasteiger partial charge in [0, 0.05) is 29.2 Å². The second-order valence-electron chi connectivity index (χ2n) is 5.61. The highest BCUT2D eigenvalue weighted by atomic mass is 35.5. The molecule has 0 radical (unpaired) electrons. The maximum absolute atomic E-state index is 14.5. The van der Waals surface area contributed by atoms with Crippen molar-refractivity contribution in [1.29, 1.82) is 0 Å². The zero-order valence-corrected chi connectivity index (χ0v) is 17.5. The smallest absolute Gasteiger partial charge is 0.329 e. The van der Waals surface area contributed by atoms with E-state index in [1.807, 2.05) is 0 Å². The van der Waals surface area contributed by atoms with Gasteiger partial charge in [0.15, 0.2) is 0 Å². The summed E-state index contributed by atoms with van der Waals surface area (Å²) < 4.78 is 44.6. The van der Waals surface area contributed by atoms with Crippen molar-refractivity contribution in [2.75, 3.05) is 13.2 Å². The van der Waals surface area contributed by atoms with Gasteiger partial charge in [0.25, 0.3) is 6.43 Å². The Kier molecular flexibility index (Phi) is 10.4. The molecule has 2 aromatic rings. The Balaban J connectivity index is 0.00000420. The van der Waals surface area contributed by atoms with Crippen molar-refractivity contribution in [1.82, 2.24) is 16.2 Å². The number of alkyl halides is 2. The molecule has 2 rings (SSSR count). The minimum atomic E-state index is -2.70. The van der Waals surface area contributed by atoms with Gasteiger partial charge in [-0.15, -0.1) is 12.4 Å². The quantitative estimate of drug-likeness (QED) is 0.464. The van der Waals surface area contributed by atoms with Crippen molar-refractivity contribution in [3.63, 3.8) is 0 Å². The number of carbonyl (C=O) groups is 1. The topological polar surface area (TPSA) is 62.4 Å². The summed E-state index contributed by atoms with van der Waals surface area (Å²) in [5.41, 5.74) is 5.84. The normalized spacial score (nSPS) is 10.4. The Labute approximate surface area is 182 Å². The van der Waals surface area contributed by atoms with Gasteiger partial charge in [-0.25, -0.2) is 23.4 Å². The number of urea groups is 1. The SMILES string of the molecule is CCNNC(=O)NCc1ccc(-c2cc(Cl)cc(Cl)c2OCC(F)F)cc1F.Cl. The largest absolute Gasteiger partial charge is 0.485 e. The first-order valence-corrected chi connectivity index (χ1v) is 9.02. The molecule has 0 aliphatic rings. The molecule has 0 fully saturated rings.